The molecule has 0 saturated heterocycles. The Bertz CT molecular complexity index is 679. The third-order valence-electron chi connectivity index (χ3n) is 3.79. The van der Waals surface area contributed by atoms with Gasteiger partial charge in [0.15, 0.2) is 11.5 Å². The Morgan fingerprint density at radius 1 is 1.05 bits per heavy atom. The second kappa shape index (κ2) is 5.30. The van der Waals surface area contributed by atoms with E-state index in [1.807, 2.05) is 0 Å². The van der Waals surface area contributed by atoms with Gasteiger partial charge in [0.05, 0.1) is 10.0 Å². The van der Waals surface area contributed by atoms with Crippen LogP contribution in [0.15, 0.2) is 0 Å². The summed E-state index contributed by atoms with van der Waals surface area (Å²) in [5, 5.41) is 10.5. The van der Waals surface area contributed by atoms with Crippen LogP contribution in [0.3, 0.4) is 0 Å². The third kappa shape index (κ3) is 1.97. The molecule has 1 aliphatic heterocycles. The van der Waals surface area contributed by atoms with Crippen LogP contribution in [0, 0.1) is 0 Å². The lowest BCUT2D eigenvalue weighted by Crippen LogP contribution is -2.70. The Labute approximate surface area is 145 Å². The summed E-state index contributed by atoms with van der Waals surface area (Å²) in [4.78, 5) is 12.3. The zero-order chi connectivity index (χ0) is 16.3. The number of hydrogen-bond donors (Lipinski definition) is 1. The molecule has 1 aromatic rings. The highest BCUT2D eigenvalue weighted by Gasteiger charge is 2.66. The summed E-state index contributed by atoms with van der Waals surface area (Å²) in [6.45, 7) is 0. The predicted octanol–water partition coefficient (Wildman–Crippen LogP) is 3.86. The van der Waals surface area contributed by atoms with Crippen LogP contribution in [0.4, 0.5) is 0 Å². The Kier molecular flexibility index (Phi) is 3.95. The molecular weight excluding hydrogens is 378 g/mol. The van der Waals surface area contributed by atoms with E-state index in [0.717, 1.165) is 0 Å². The molecule has 1 aromatic carbocycles. The lowest BCUT2D eigenvalue weighted by Gasteiger charge is -2.49. The summed E-state index contributed by atoms with van der Waals surface area (Å²) in [5.41, 5.74) is 0. The van der Waals surface area contributed by atoms with Gasteiger partial charge in [0.1, 0.15) is 10.0 Å². The largest absolute Gasteiger partial charge is 0.449 e. The first-order valence-corrected chi connectivity index (χ1v) is 7.83. The number of rotatable bonds is 1. The fraction of sp³-hybridized carbons (Fsp3) is 0.462. The van der Waals surface area contributed by atoms with Crippen molar-refractivity contribution in [3.8, 4) is 11.5 Å². The van der Waals surface area contributed by atoms with Crippen molar-refractivity contribution < 1.29 is 24.1 Å². The summed E-state index contributed by atoms with van der Waals surface area (Å²) in [7, 11) is 1.23. The molecule has 0 bridgehead atoms. The molecular formula is C13H10Cl4O5. The molecule has 1 aliphatic carbocycles. The lowest BCUT2D eigenvalue weighted by molar-refractivity contribution is -0.341. The van der Waals surface area contributed by atoms with Crippen LogP contribution in [0.2, 0.25) is 20.1 Å². The van der Waals surface area contributed by atoms with E-state index < -0.39 is 17.4 Å². The molecule has 1 heterocycles. The highest BCUT2D eigenvalue weighted by molar-refractivity contribution is 6.53. The Balaban J connectivity index is 2.26. The Morgan fingerprint density at radius 2 is 1.59 bits per heavy atom. The van der Waals surface area contributed by atoms with E-state index in [2.05, 4.69) is 0 Å². The van der Waals surface area contributed by atoms with E-state index in [1.54, 1.807) is 0 Å². The molecule has 5 nitrogen and oxygen atoms in total. The first-order chi connectivity index (χ1) is 10.3. The molecule has 1 saturated carbocycles. The number of Topliss-reactive ketones (excluding diaryl/α,β-unsaturated/α-hetero) is 1. The maximum absolute atomic E-state index is 12.3. The number of halogens is 4. The first-order valence-electron chi connectivity index (χ1n) is 6.32. The predicted molar refractivity (Wildman–Crippen MR) is 81.3 cm³/mol. The van der Waals surface area contributed by atoms with Crippen molar-refractivity contribution in [3.05, 3.63) is 20.1 Å². The van der Waals surface area contributed by atoms with Gasteiger partial charge in [-0.05, 0) is 6.42 Å². The average Bonchev–Trinajstić information content (AvgIpc) is 2.50. The van der Waals surface area contributed by atoms with E-state index >= 15 is 0 Å². The molecule has 0 radical (unpaired) electrons. The van der Waals surface area contributed by atoms with E-state index in [4.69, 9.17) is 60.6 Å². The number of methoxy groups -OCH3 is 1. The molecule has 2 unspecified atom stereocenters. The van der Waals surface area contributed by atoms with Gasteiger partial charge < -0.3 is 19.3 Å². The molecule has 0 amide bonds. The molecule has 2 atom stereocenters. The zero-order valence-corrected chi connectivity index (χ0v) is 14.2. The number of ketones is 1. The van der Waals surface area contributed by atoms with Crippen LogP contribution < -0.4 is 9.47 Å². The van der Waals surface area contributed by atoms with Crippen LogP contribution in [0.5, 0.6) is 11.5 Å². The number of benzene rings is 1. The number of aliphatic hydroxyl groups is 1. The Morgan fingerprint density at radius 3 is 2.14 bits per heavy atom. The number of carbonyl (C=O) groups is 1. The molecule has 0 spiro atoms. The topological polar surface area (TPSA) is 65.0 Å². The summed E-state index contributed by atoms with van der Waals surface area (Å²) in [6.07, 6.45) is 0.688. The van der Waals surface area contributed by atoms with Crippen molar-refractivity contribution in [1.29, 1.82) is 0 Å². The zero-order valence-electron chi connectivity index (χ0n) is 11.2. The van der Waals surface area contributed by atoms with Crippen LogP contribution in [-0.4, -0.2) is 29.6 Å². The van der Waals surface area contributed by atoms with Gasteiger partial charge in [0, 0.05) is 20.0 Å². The van der Waals surface area contributed by atoms with Gasteiger partial charge in [-0.2, -0.15) is 0 Å². The number of carbonyl (C=O) groups excluding carboxylic acids is 1. The van der Waals surface area contributed by atoms with Gasteiger partial charge in [-0.25, -0.2) is 0 Å². The summed E-state index contributed by atoms with van der Waals surface area (Å²) in [6, 6.07) is 0. The minimum atomic E-state index is -2.03. The van der Waals surface area contributed by atoms with Gasteiger partial charge in [0.2, 0.25) is 5.78 Å². The highest BCUT2D eigenvalue weighted by Crippen LogP contribution is 2.57. The molecule has 120 valence electrons. The van der Waals surface area contributed by atoms with Crippen LogP contribution in [-0.2, 0) is 9.53 Å². The highest BCUT2D eigenvalue weighted by atomic mass is 35.5. The molecule has 1 N–H and O–H groups in total. The van der Waals surface area contributed by atoms with Crippen molar-refractivity contribution in [2.24, 2.45) is 0 Å². The Hall–Kier alpha value is -0.430. The van der Waals surface area contributed by atoms with Gasteiger partial charge in [-0.3, -0.25) is 4.79 Å². The summed E-state index contributed by atoms with van der Waals surface area (Å²) >= 11 is 24.1. The van der Waals surface area contributed by atoms with Crippen LogP contribution in [0.25, 0.3) is 0 Å². The van der Waals surface area contributed by atoms with Gasteiger partial charge in [-0.1, -0.05) is 46.4 Å². The minimum absolute atomic E-state index is 0.0358. The van der Waals surface area contributed by atoms with Gasteiger partial charge in [0.25, 0.3) is 5.79 Å². The van der Waals surface area contributed by atoms with Crippen molar-refractivity contribution in [1.82, 2.24) is 0 Å². The first kappa shape index (κ1) is 16.4. The van der Waals surface area contributed by atoms with Crippen molar-refractivity contribution >= 4 is 52.2 Å². The van der Waals surface area contributed by atoms with E-state index in [9.17, 15) is 9.90 Å². The van der Waals surface area contributed by atoms with Crippen LogP contribution >= 0.6 is 46.4 Å². The van der Waals surface area contributed by atoms with E-state index in [0.29, 0.717) is 6.42 Å². The fourth-order valence-corrected chi connectivity index (χ4v) is 3.59. The molecule has 22 heavy (non-hydrogen) atoms. The molecule has 0 aromatic heterocycles. The summed E-state index contributed by atoms with van der Waals surface area (Å²) in [5.74, 6) is -4.70. The lowest BCUT2D eigenvalue weighted by atomic mass is 9.85. The monoisotopic (exact) mass is 386 g/mol. The third-order valence-corrected chi connectivity index (χ3v) is 5.56. The quantitative estimate of drug-likeness (QED) is 0.585. The van der Waals surface area contributed by atoms with Crippen LogP contribution in [0.1, 0.15) is 19.3 Å². The smallest absolute Gasteiger partial charge is 0.337 e. The van der Waals surface area contributed by atoms with Gasteiger partial charge in [-0.15, -0.1) is 0 Å². The normalized spacial score (nSPS) is 30.2. The minimum Gasteiger partial charge on any atom is -0.449 e. The number of ether oxygens (including phenoxy) is 3. The maximum Gasteiger partial charge on any atom is 0.337 e. The average molecular weight is 388 g/mol. The number of fused-ring (bicyclic) bond motifs is 2. The summed E-state index contributed by atoms with van der Waals surface area (Å²) < 4.78 is 16.4. The van der Waals surface area contributed by atoms with E-state index in [-0.39, 0.29) is 44.4 Å². The standard InChI is InChI=1S/C13H10Cl4O5/c1-20-13-5(18)3-2-4-12(13,19)21-10-8(16)6(14)7(15)9(17)11(10)22-13/h19H,2-4H2,1H3. The molecule has 9 heteroatoms. The second-order valence-electron chi connectivity index (χ2n) is 5.00. The maximum atomic E-state index is 12.3. The number of hydrogen-bond acceptors (Lipinski definition) is 5. The SMILES string of the molecule is COC12Oc3c(Cl)c(Cl)c(Cl)c(Cl)c3OC1(O)CCCC2=O. The second-order valence-corrected chi connectivity index (χ2v) is 6.51. The molecule has 3 rings (SSSR count). The van der Waals surface area contributed by atoms with Crippen molar-refractivity contribution in [2.45, 2.75) is 30.8 Å². The van der Waals surface area contributed by atoms with E-state index in [1.165, 1.54) is 7.11 Å². The molecule has 2 aliphatic rings. The fourth-order valence-electron chi connectivity index (χ4n) is 2.69. The van der Waals surface area contributed by atoms with Crippen molar-refractivity contribution in [2.75, 3.05) is 7.11 Å². The van der Waals surface area contributed by atoms with Crippen molar-refractivity contribution in [3.63, 3.8) is 0 Å². The molecule has 1 fully saturated rings. The van der Waals surface area contributed by atoms with Gasteiger partial charge >= 0.3 is 5.79 Å².